The van der Waals surface area contributed by atoms with Gasteiger partial charge in [0, 0.05) is 6.04 Å². The highest BCUT2D eigenvalue weighted by Gasteiger charge is 2.44. The van der Waals surface area contributed by atoms with Crippen molar-refractivity contribution < 1.29 is 13.2 Å². The lowest BCUT2D eigenvalue weighted by Gasteiger charge is -2.23. The van der Waals surface area contributed by atoms with E-state index in [0.29, 0.717) is 21.9 Å². The second-order valence-corrected chi connectivity index (χ2v) is 5.40. The van der Waals surface area contributed by atoms with E-state index in [-0.39, 0.29) is 6.42 Å². The monoisotopic (exact) mass is 271 g/mol. The Kier molecular flexibility index (Phi) is 4.57. The minimum Gasteiger partial charge on any atom is -0.326 e. The molecule has 1 rings (SSSR count). The first-order chi connectivity index (χ1) is 7.34. The molecule has 0 aliphatic rings. The Morgan fingerprint density at radius 2 is 2.12 bits per heavy atom. The topological polar surface area (TPSA) is 51.8 Å². The van der Waals surface area contributed by atoms with Crippen LogP contribution in [0.2, 0.25) is 0 Å². The van der Waals surface area contributed by atoms with Crippen LogP contribution in [-0.2, 0) is 0 Å². The van der Waals surface area contributed by atoms with E-state index in [1.807, 2.05) is 0 Å². The van der Waals surface area contributed by atoms with Crippen molar-refractivity contribution in [1.82, 2.24) is 9.36 Å². The van der Waals surface area contributed by atoms with E-state index in [4.69, 9.17) is 5.73 Å². The number of rotatable bonds is 4. The summed E-state index contributed by atoms with van der Waals surface area (Å²) in [7, 11) is 0. The molecule has 2 atom stereocenters. The number of hydrogen-bond donors (Lipinski definition) is 1. The molecule has 1 heterocycles. The van der Waals surface area contributed by atoms with Crippen LogP contribution in [0.3, 0.4) is 0 Å². The van der Waals surface area contributed by atoms with Crippen LogP contribution in [0.5, 0.6) is 0 Å². The SMILES string of the molecule is CCC(N)C(Sc1nc(C)ns1)C(F)(F)F. The zero-order valence-electron chi connectivity index (χ0n) is 8.78. The van der Waals surface area contributed by atoms with E-state index in [0.717, 1.165) is 11.5 Å². The van der Waals surface area contributed by atoms with Gasteiger partial charge in [-0.3, -0.25) is 0 Å². The van der Waals surface area contributed by atoms with E-state index in [9.17, 15) is 13.2 Å². The maximum atomic E-state index is 12.7. The predicted octanol–water partition coefficient (Wildman–Crippen LogP) is 2.61. The van der Waals surface area contributed by atoms with Crippen LogP contribution < -0.4 is 5.73 Å². The number of aryl methyl sites for hydroxylation is 1. The molecule has 0 bridgehead atoms. The smallest absolute Gasteiger partial charge is 0.326 e. The molecule has 0 aliphatic heterocycles. The van der Waals surface area contributed by atoms with Crippen molar-refractivity contribution >= 4 is 23.3 Å². The Morgan fingerprint density at radius 1 is 1.50 bits per heavy atom. The van der Waals surface area contributed by atoms with E-state index in [2.05, 4.69) is 9.36 Å². The molecule has 0 amide bonds. The Hall–Kier alpha value is -0.340. The van der Waals surface area contributed by atoms with Gasteiger partial charge in [-0.2, -0.15) is 17.5 Å². The molecule has 0 spiro atoms. The third-order valence-electron chi connectivity index (χ3n) is 1.92. The molecule has 2 N–H and O–H groups in total. The fourth-order valence-corrected chi connectivity index (χ4v) is 2.97. The number of alkyl halides is 3. The van der Waals surface area contributed by atoms with Crippen LogP contribution in [-0.4, -0.2) is 26.8 Å². The predicted molar refractivity (Wildman–Crippen MR) is 58.6 cm³/mol. The Balaban J connectivity index is 2.79. The lowest BCUT2D eigenvalue weighted by atomic mass is 10.1. The first-order valence-corrected chi connectivity index (χ1v) is 6.29. The van der Waals surface area contributed by atoms with Crippen LogP contribution in [0.25, 0.3) is 0 Å². The van der Waals surface area contributed by atoms with Crippen molar-refractivity contribution in [2.45, 2.75) is 42.1 Å². The second kappa shape index (κ2) is 5.33. The minimum atomic E-state index is -4.32. The standard InChI is InChI=1S/C8H12F3N3S2/c1-3-5(12)6(8(9,10)11)15-7-13-4(2)14-16-7/h5-6H,3,12H2,1-2H3. The highest BCUT2D eigenvalue weighted by atomic mass is 32.2. The third kappa shape index (κ3) is 3.60. The van der Waals surface area contributed by atoms with Crippen molar-refractivity contribution in [3.05, 3.63) is 5.82 Å². The summed E-state index contributed by atoms with van der Waals surface area (Å²) in [5.41, 5.74) is 5.47. The molecule has 8 heteroatoms. The summed E-state index contributed by atoms with van der Waals surface area (Å²) in [4.78, 5) is 3.90. The largest absolute Gasteiger partial charge is 0.402 e. The molecule has 0 saturated carbocycles. The number of nitrogens with zero attached hydrogens (tertiary/aromatic N) is 2. The van der Waals surface area contributed by atoms with Gasteiger partial charge in [-0.1, -0.05) is 18.7 Å². The van der Waals surface area contributed by atoms with Crippen molar-refractivity contribution in [1.29, 1.82) is 0 Å². The lowest BCUT2D eigenvalue weighted by Crippen LogP contribution is -2.42. The first-order valence-electron chi connectivity index (χ1n) is 4.63. The molecule has 0 radical (unpaired) electrons. The molecule has 3 nitrogen and oxygen atoms in total. The van der Waals surface area contributed by atoms with Gasteiger partial charge in [-0.15, -0.1) is 0 Å². The summed E-state index contributed by atoms with van der Waals surface area (Å²) in [6, 6.07) is -0.922. The van der Waals surface area contributed by atoms with Crippen molar-refractivity contribution in [3.63, 3.8) is 0 Å². The first kappa shape index (κ1) is 13.7. The molecule has 1 aromatic rings. The maximum absolute atomic E-state index is 12.7. The van der Waals surface area contributed by atoms with Crippen LogP contribution in [0.4, 0.5) is 13.2 Å². The van der Waals surface area contributed by atoms with Gasteiger partial charge in [0.1, 0.15) is 11.1 Å². The van der Waals surface area contributed by atoms with E-state index >= 15 is 0 Å². The highest BCUT2D eigenvalue weighted by Crippen LogP contribution is 2.37. The number of aromatic nitrogens is 2. The van der Waals surface area contributed by atoms with Crippen LogP contribution in [0.1, 0.15) is 19.2 Å². The molecular formula is C8H12F3N3S2. The van der Waals surface area contributed by atoms with Gasteiger partial charge in [-0.25, -0.2) is 4.98 Å². The molecule has 0 aromatic carbocycles. The lowest BCUT2D eigenvalue weighted by molar-refractivity contribution is -0.132. The summed E-state index contributed by atoms with van der Waals surface area (Å²) in [6.07, 6.45) is -4.05. The molecule has 0 fully saturated rings. The van der Waals surface area contributed by atoms with E-state index in [1.165, 1.54) is 0 Å². The van der Waals surface area contributed by atoms with Crippen molar-refractivity contribution in [2.75, 3.05) is 0 Å². The van der Waals surface area contributed by atoms with Gasteiger partial charge in [0.05, 0.1) is 0 Å². The third-order valence-corrected chi connectivity index (χ3v) is 4.20. The quantitative estimate of drug-likeness (QED) is 0.855. The average Bonchev–Trinajstić information content (AvgIpc) is 2.57. The maximum Gasteiger partial charge on any atom is 0.402 e. The zero-order valence-corrected chi connectivity index (χ0v) is 10.4. The average molecular weight is 271 g/mol. The molecular weight excluding hydrogens is 259 g/mol. The van der Waals surface area contributed by atoms with Crippen LogP contribution in [0, 0.1) is 6.92 Å². The van der Waals surface area contributed by atoms with Gasteiger partial charge in [0.25, 0.3) is 0 Å². The Morgan fingerprint density at radius 3 is 2.50 bits per heavy atom. The van der Waals surface area contributed by atoms with Crippen molar-refractivity contribution in [3.8, 4) is 0 Å². The fourth-order valence-electron chi connectivity index (χ4n) is 1.05. The Labute approximate surface area is 99.8 Å². The van der Waals surface area contributed by atoms with Crippen LogP contribution >= 0.6 is 23.3 Å². The molecule has 0 aliphatic carbocycles. The summed E-state index contributed by atoms with van der Waals surface area (Å²) >= 11 is 1.61. The Bertz CT molecular complexity index is 340. The molecule has 16 heavy (non-hydrogen) atoms. The normalized spacial score (nSPS) is 16.1. The van der Waals surface area contributed by atoms with Gasteiger partial charge < -0.3 is 5.73 Å². The molecule has 1 aromatic heterocycles. The summed E-state index contributed by atoms with van der Waals surface area (Å²) < 4.78 is 42.3. The van der Waals surface area contributed by atoms with Gasteiger partial charge >= 0.3 is 6.18 Å². The summed E-state index contributed by atoms with van der Waals surface area (Å²) in [5.74, 6) is 0.485. The fraction of sp³-hybridized carbons (Fsp3) is 0.750. The summed E-state index contributed by atoms with van der Waals surface area (Å²) in [6.45, 7) is 3.28. The second-order valence-electron chi connectivity index (χ2n) is 3.26. The number of nitrogens with two attached hydrogens (primary N) is 1. The van der Waals surface area contributed by atoms with E-state index in [1.54, 1.807) is 13.8 Å². The van der Waals surface area contributed by atoms with Gasteiger partial charge in [0.15, 0.2) is 4.34 Å². The highest BCUT2D eigenvalue weighted by molar-refractivity contribution is 8.01. The molecule has 2 unspecified atom stereocenters. The van der Waals surface area contributed by atoms with Gasteiger partial charge in [0.2, 0.25) is 0 Å². The minimum absolute atomic E-state index is 0.273. The number of thioether (sulfide) groups is 1. The zero-order chi connectivity index (χ0) is 12.3. The van der Waals surface area contributed by atoms with Crippen molar-refractivity contribution in [2.24, 2.45) is 5.73 Å². The van der Waals surface area contributed by atoms with Gasteiger partial charge in [-0.05, 0) is 24.9 Å². The number of hydrogen-bond acceptors (Lipinski definition) is 5. The van der Waals surface area contributed by atoms with E-state index < -0.39 is 17.5 Å². The van der Waals surface area contributed by atoms with Crippen LogP contribution in [0.15, 0.2) is 4.34 Å². The number of halogens is 3. The molecule has 0 saturated heterocycles. The molecule has 92 valence electrons. The summed E-state index contributed by atoms with van der Waals surface area (Å²) in [5, 5.41) is -1.62.